The third-order valence-corrected chi connectivity index (χ3v) is 2.70. The van der Waals surface area contributed by atoms with E-state index < -0.39 is 0 Å². The molecule has 0 saturated heterocycles. The van der Waals surface area contributed by atoms with Crippen molar-refractivity contribution in [2.24, 2.45) is 0 Å². The highest BCUT2D eigenvalue weighted by atomic mass is 35.5. The second-order valence-electron chi connectivity index (χ2n) is 3.13. The molecule has 0 saturated carbocycles. The molecule has 64 valence electrons. The number of rotatable bonds is 0. The summed E-state index contributed by atoms with van der Waals surface area (Å²) in [7, 11) is 0. The summed E-state index contributed by atoms with van der Waals surface area (Å²) >= 11 is 5.94. The molecule has 0 bridgehead atoms. The molecule has 0 aromatic carbocycles. The summed E-state index contributed by atoms with van der Waals surface area (Å²) < 4.78 is 0. The maximum absolute atomic E-state index is 11.3. The molecule has 0 fully saturated rings. The number of H-pyrrole nitrogens is 1. The van der Waals surface area contributed by atoms with E-state index in [1.807, 2.05) is 0 Å². The van der Waals surface area contributed by atoms with Crippen molar-refractivity contribution in [3.63, 3.8) is 0 Å². The van der Waals surface area contributed by atoms with Gasteiger partial charge in [0.05, 0.1) is 5.02 Å². The lowest BCUT2D eigenvalue weighted by Crippen LogP contribution is -2.18. The largest absolute Gasteiger partial charge is 0.327 e. The van der Waals surface area contributed by atoms with Crippen LogP contribution in [0.5, 0.6) is 0 Å². The maximum Gasteiger partial charge on any atom is 0.251 e. The lowest BCUT2D eigenvalue weighted by Gasteiger charge is -2.14. The molecule has 1 aromatic rings. The zero-order valence-corrected chi connectivity index (χ0v) is 7.45. The van der Waals surface area contributed by atoms with Gasteiger partial charge in [-0.05, 0) is 31.2 Å². The van der Waals surface area contributed by atoms with E-state index in [4.69, 9.17) is 11.6 Å². The lowest BCUT2D eigenvalue weighted by atomic mass is 9.93. The predicted octanol–water partition coefficient (Wildman–Crippen LogP) is 1.91. The summed E-state index contributed by atoms with van der Waals surface area (Å²) in [6, 6.07) is 0. The van der Waals surface area contributed by atoms with Crippen molar-refractivity contribution in [1.29, 1.82) is 0 Å². The van der Waals surface area contributed by atoms with Crippen molar-refractivity contribution in [3.8, 4) is 0 Å². The van der Waals surface area contributed by atoms with E-state index in [1.54, 1.807) is 6.20 Å². The number of aromatic nitrogens is 1. The Morgan fingerprint density at radius 2 is 1.92 bits per heavy atom. The van der Waals surface area contributed by atoms with Crippen LogP contribution in [0, 0.1) is 0 Å². The van der Waals surface area contributed by atoms with E-state index in [0.29, 0.717) is 5.02 Å². The number of pyridine rings is 1. The molecule has 2 nitrogen and oxygen atoms in total. The summed E-state index contributed by atoms with van der Waals surface area (Å²) in [4.78, 5) is 13.9. The molecule has 0 unspecified atom stereocenters. The third-order valence-electron chi connectivity index (χ3n) is 2.36. The van der Waals surface area contributed by atoms with Gasteiger partial charge in [0.2, 0.25) is 0 Å². The van der Waals surface area contributed by atoms with Crippen LogP contribution >= 0.6 is 11.6 Å². The van der Waals surface area contributed by atoms with Crippen LogP contribution in [0.2, 0.25) is 5.02 Å². The molecular formula is C9H10ClNO. The minimum atomic E-state index is 0.0362. The van der Waals surface area contributed by atoms with Crippen molar-refractivity contribution in [1.82, 2.24) is 4.98 Å². The molecule has 0 atom stereocenters. The number of hydrogen-bond donors (Lipinski definition) is 1. The Morgan fingerprint density at radius 3 is 2.58 bits per heavy atom. The summed E-state index contributed by atoms with van der Waals surface area (Å²) in [5.41, 5.74) is 1.99. The molecule has 1 aromatic heterocycles. The van der Waals surface area contributed by atoms with Gasteiger partial charge in [0.15, 0.2) is 0 Å². The van der Waals surface area contributed by atoms with Gasteiger partial charge < -0.3 is 4.98 Å². The van der Waals surface area contributed by atoms with Gasteiger partial charge >= 0.3 is 0 Å². The second kappa shape index (κ2) is 2.94. The quantitative estimate of drug-likeness (QED) is 0.655. The maximum atomic E-state index is 11.3. The van der Waals surface area contributed by atoms with E-state index in [2.05, 4.69) is 4.98 Å². The number of halogens is 1. The number of aromatic amines is 1. The van der Waals surface area contributed by atoms with Crippen molar-refractivity contribution < 1.29 is 0 Å². The van der Waals surface area contributed by atoms with Gasteiger partial charge in [0, 0.05) is 11.8 Å². The fraction of sp³-hybridized carbons (Fsp3) is 0.444. The monoisotopic (exact) mass is 183 g/mol. The fourth-order valence-corrected chi connectivity index (χ4v) is 1.99. The molecule has 0 radical (unpaired) electrons. The third kappa shape index (κ3) is 1.16. The summed E-state index contributed by atoms with van der Waals surface area (Å²) in [6.45, 7) is 0. The van der Waals surface area contributed by atoms with Crippen LogP contribution in [0.4, 0.5) is 0 Å². The van der Waals surface area contributed by atoms with Gasteiger partial charge in [0.1, 0.15) is 0 Å². The Kier molecular flexibility index (Phi) is 1.93. The second-order valence-corrected chi connectivity index (χ2v) is 3.54. The molecule has 0 amide bonds. The van der Waals surface area contributed by atoms with Crippen LogP contribution in [-0.2, 0) is 12.8 Å². The normalized spacial score (nSPS) is 15.8. The van der Waals surface area contributed by atoms with E-state index in [-0.39, 0.29) is 5.56 Å². The summed E-state index contributed by atoms with van der Waals surface area (Å²) in [5, 5.41) is 0.712. The van der Waals surface area contributed by atoms with Crippen LogP contribution in [0.3, 0.4) is 0 Å². The molecule has 3 heteroatoms. The van der Waals surface area contributed by atoms with Crippen molar-refractivity contribution in [3.05, 3.63) is 32.7 Å². The molecule has 1 N–H and O–H groups in total. The Morgan fingerprint density at radius 1 is 1.25 bits per heavy atom. The SMILES string of the molecule is O=c1[nH]cc(Cl)c2c1CCCC2. The topological polar surface area (TPSA) is 32.9 Å². The molecule has 2 rings (SSSR count). The first-order valence-electron chi connectivity index (χ1n) is 4.18. The first kappa shape index (κ1) is 7.87. The van der Waals surface area contributed by atoms with Gasteiger partial charge in [-0.3, -0.25) is 4.79 Å². The van der Waals surface area contributed by atoms with Gasteiger partial charge in [-0.2, -0.15) is 0 Å². The lowest BCUT2D eigenvalue weighted by molar-refractivity contribution is 0.677. The molecule has 0 aliphatic heterocycles. The van der Waals surface area contributed by atoms with Gasteiger partial charge in [-0.25, -0.2) is 0 Å². The van der Waals surface area contributed by atoms with Crippen molar-refractivity contribution in [2.75, 3.05) is 0 Å². The molecule has 0 spiro atoms. The number of fused-ring (bicyclic) bond motifs is 1. The van der Waals surface area contributed by atoms with E-state index in [1.165, 1.54) is 0 Å². The average molecular weight is 184 g/mol. The molecule has 1 aliphatic carbocycles. The average Bonchev–Trinajstić information content (AvgIpc) is 2.12. The van der Waals surface area contributed by atoms with Crippen molar-refractivity contribution in [2.45, 2.75) is 25.7 Å². The smallest absolute Gasteiger partial charge is 0.251 e. The highest BCUT2D eigenvalue weighted by Gasteiger charge is 2.14. The highest BCUT2D eigenvalue weighted by Crippen LogP contribution is 2.23. The molecule has 1 heterocycles. The Hall–Kier alpha value is -0.760. The molecular weight excluding hydrogens is 174 g/mol. The zero-order chi connectivity index (χ0) is 8.55. The fourth-order valence-electron chi connectivity index (χ4n) is 1.72. The summed E-state index contributed by atoms with van der Waals surface area (Å²) in [6.07, 6.45) is 5.68. The van der Waals surface area contributed by atoms with Crippen LogP contribution in [0.15, 0.2) is 11.0 Å². The standard InChI is InChI=1S/C9H10ClNO/c10-8-5-11-9(12)7-4-2-1-3-6(7)8/h5H,1-4H2,(H,11,12). The minimum absolute atomic E-state index is 0.0362. The van der Waals surface area contributed by atoms with E-state index >= 15 is 0 Å². The number of hydrogen-bond acceptors (Lipinski definition) is 1. The van der Waals surface area contributed by atoms with E-state index in [9.17, 15) is 4.79 Å². The number of nitrogens with one attached hydrogen (secondary N) is 1. The van der Waals surface area contributed by atoms with Gasteiger partial charge in [-0.1, -0.05) is 11.6 Å². The van der Waals surface area contributed by atoms with Crippen LogP contribution in [-0.4, -0.2) is 4.98 Å². The van der Waals surface area contributed by atoms with Crippen LogP contribution < -0.4 is 5.56 Å². The van der Waals surface area contributed by atoms with Crippen LogP contribution in [0.25, 0.3) is 0 Å². The van der Waals surface area contributed by atoms with Gasteiger partial charge in [0.25, 0.3) is 5.56 Å². The predicted molar refractivity (Wildman–Crippen MR) is 48.7 cm³/mol. The summed E-state index contributed by atoms with van der Waals surface area (Å²) in [5.74, 6) is 0. The van der Waals surface area contributed by atoms with E-state index in [0.717, 1.165) is 36.8 Å². The van der Waals surface area contributed by atoms with Crippen LogP contribution in [0.1, 0.15) is 24.0 Å². The zero-order valence-electron chi connectivity index (χ0n) is 6.69. The molecule has 1 aliphatic rings. The Labute approximate surface area is 75.6 Å². The Bertz CT molecular complexity index is 356. The first-order chi connectivity index (χ1) is 5.79. The first-order valence-corrected chi connectivity index (χ1v) is 4.56. The molecule has 12 heavy (non-hydrogen) atoms. The highest BCUT2D eigenvalue weighted by molar-refractivity contribution is 6.31. The van der Waals surface area contributed by atoms with Gasteiger partial charge in [-0.15, -0.1) is 0 Å². The van der Waals surface area contributed by atoms with Crippen molar-refractivity contribution >= 4 is 11.6 Å². The minimum Gasteiger partial charge on any atom is -0.327 e. The Balaban J connectivity index is 2.64.